The molecule has 3 aromatic carbocycles. The Bertz CT molecular complexity index is 1070. The molecule has 1 saturated carbocycles. The van der Waals surface area contributed by atoms with E-state index >= 15 is 0 Å². The van der Waals surface area contributed by atoms with Crippen LogP contribution in [-0.4, -0.2) is 0 Å². The standard InChI is InChI=1S/C27H27.2ClH.Zr/c1-2-4-10-20(9-3-1)17-21-18-23-13-8-16-26(27(23)19-21)25-15-7-12-22-11-5-6-14-24(22)25;;;/h5-8,11-16,18-20H,1-4,9-10,17H2;2*1H;/q;;;+2/p-2. The zero-order valence-corrected chi connectivity index (χ0v) is 21.2. The number of rotatable bonds is 4. The predicted octanol–water partition coefficient (Wildman–Crippen LogP) is 9.23. The Labute approximate surface area is 195 Å². The Morgan fingerprint density at radius 1 is 0.767 bits per heavy atom. The second-order valence-corrected chi connectivity index (χ2v) is 17.6. The van der Waals surface area contributed by atoms with Gasteiger partial charge in [-0.05, 0) is 0 Å². The fourth-order valence-corrected chi connectivity index (χ4v) is 10.9. The average Bonchev–Trinajstić information content (AvgIpc) is 2.93. The molecule has 0 spiro atoms. The van der Waals surface area contributed by atoms with E-state index in [1.54, 1.807) is 0 Å². The van der Waals surface area contributed by atoms with Gasteiger partial charge in [0.05, 0.1) is 0 Å². The van der Waals surface area contributed by atoms with E-state index in [0.717, 1.165) is 5.92 Å². The van der Waals surface area contributed by atoms with Crippen LogP contribution in [0.4, 0.5) is 0 Å². The minimum atomic E-state index is -2.50. The molecule has 0 nitrogen and oxygen atoms in total. The molecule has 2 aliphatic rings. The zero-order chi connectivity index (χ0) is 20.5. The van der Waals surface area contributed by atoms with Crippen LogP contribution in [0, 0.1) is 5.92 Å². The predicted molar refractivity (Wildman–Crippen MR) is 128 cm³/mol. The summed E-state index contributed by atoms with van der Waals surface area (Å²) < 4.78 is 0.309. The van der Waals surface area contributed by atoms with Gasteiger partial charge in [0.1, 0.15) is 0 Å². The van der Waals surface area contributed by atoms with Crippen LogP contribution in [0.15, 0.2) is 66.2 Å². The van der Waals surface area contributed by atoms with Crippen LogP contribution in [-0.2, 0) is 19.4 Å². The van der Waals surface area contributed by atoms with Crippen LogP contribution in [0.1, 0.15) is 59.7 Å². The molecule has 0 N–H and O–H groups in total. The van der Waals surface area contributed by atoms with Gasteiger partial charge in [-0.25, -0.2) is 0 Å². The second kappa shape index (κ2) is 9.32. The first kappa shape index (κ1) is 21.0. The Morgan fingerprint density at radius 3 is 2.27 bits per heavy atom. The number of fused-ring (bicyclic) bond motifs is 2. The molecule has 0 radical (unpaired) electrons. The summed E-state index contributed by atoms with van der Waals surface area (Å²) in [4.78, 5) is 0. The third-order valence-electron chi connectivity index (χ3n) is 6.95. The van der Waals surface area contributed by atoms with Crippen LogP contribution in [0.3, 0.4) is 0 Å². The molecule has 0 aliphatic heterocycles. The van der Waals surface area contributed by atoms with Crippen molar-refractivity contribution in [1.82, 2.24) is 0 Å². The van der Waals surface area contributed by atoms with E-state index in [2.05, 4.69) is 66.7 Å². The minimum absolute atomic E-state index is 0.309. The summed E-state index contributed by atoms with van der Waals surface area (Å²) in [6, 6.07) is 22.0. The molecule has 5 rings (SSSR count). The number of hydrogen-bond donors (Lipinski definition) is 0. The van der Waals surface area contributed by atoms with Gasteiger partial charge in [-0.3, -0.25) is 0 Å². The molecule has 3 heteroatoms. The van der Waals surface area contributed by atoms with E-state index in [4.69, 9.17) is 17.0 Å². The molecule has 0 aromatic heterocycles. The van der Waals surface area contributed by atoms with Crippen LogP contribution >= 0.6 is 17.0 Å². The molecule has 1 fully saturated rings. The van der Waals surface area contributed by atoms with Crippen molar-refractivity contribution >= 4 is 33.9 Å². The van der Waals surface area contributed by atoms with Gasteiger partial charge in [0.25, 0.3) is 0 Å². The fraction of sp³-hybridized carbons (Fsp3) is 0.333. The first-order valence-electron chi connectivity index (χ1n) is 11.2. The van der Waals surface area contributed by atoms with E-state index in [-0.39, 0.29) is 0 Å². The third-order valence-corrected chi connectivity index (χ3v) is 12.3. The first-order valence-corrected chi connectivity index (χ1v) is 19.0. The maximum atomic E-state index is 6.77. The molecule has 0 heterocycles. The van der Waals surface area contributed by atoms with Crippen molar-refractivity contribution in [2.24, 2.45) is 5.92 Å². The van der Waals surface area contributed by atoms with Gasteiger partial charge >= 0.3 is 196 Å². The monoisotopic (exact) mass is 511 g/mol. The van der Waals surface area contributed by atoms with Crippen molar-refractivity contribution in [3.8, 4) is 11.1 Å². The van der Waals surface area contributed by atoms with Gasteiger partial charge in [-0.15, -0.1) is 0 Å². The van der Waals surface area contributed by atoms with Crippen molar-refractivity contribution in [2.45, 2.75) is 48.6 Å². The quantitative estimate of drug-likeness (QED) is 0.305. The fourth-order valence-electron chi connectivity index (χ4n) is 5.50. The molecule has 2 aliphatic carbocycles. The molecule has 0 bridgehead atoms. The van der Waals surface area contributed by atoms with E-state index in [1.165, 1.54) is 83.5 Å². The molecule has 153 valence electrons. The maximum absolute atomic E-state index is 6.77. The Balaban J connectivity index is 1.59. The molecule has 0 amide bonds. The van der Waals surface area contributed by atoms with E-state index in [9.17, 15) is 0 Å². The number of allylic oxidation sites excluding steroid dienone is 1. The van der Waals surface area contributed by atoms with Gasteiger partial charge in [0.15, 0.2) is 0 Å². The van der Waals surface area contributed by atoms with Crippen LogP contribution < -0.4 is 0 Å². The van der Waals surface area contributed by atoms with Crippen molar-refractivity contribution in [2.75, 3.05) is 0 Å². The molecular weight excluding hydrogens is 486 g/mol. The Morgan fingerprint density at radius 2 is 1.47 bits per heavy atom. The molecule has 30 heavy (non-hydrogen) atoms. The average molecular weight is 514 g/mol. The summed E-state index contributed by atoms with van der Waals surface area (Å²) in [5.41, 5.74) is 6.89. The second-order valence-electron chi connectivity index (χ2n) is 8.84. The van der Waals surface area contributed by atoms with E-state index in [0.29, 0.717) is 3.63 Å². The number of benzene rings is 3. The van der Waals surface area contributed by atoms with Gasteiger partial charge < -0.3 is 0 Å². The van der Waals surface area contributed by atoms with Crippen LogP contribution in [0.2, 0.25) is 0 Å². The summed E-state index contributed by atoms with van der Waals surface area (Å²) >= 11 is -2.50. The summed E-state index contributed by atoms with van der Waals surface area (Å²) in [6.07, 6.45) is 11.9. The van der Waals surface area contributed by atoms with Gasteiger partial charge in [0.2, 0.25) is 0 Å². The summed E-state index contributed by atoms with van der Waals surface area (Å²) in [5.74, 6) is 0.799. The van der Waals surface area contributed by atoms with Gasteiger partial charge in [0, 0.05) is 0 Å². The van der Waals surface area contributed by atoms with Crippen molar-refractivity contribution < 1.29 is 19.4 Å². The zero-order valence-electron chi connectivity index (χ0n) is 17.2. The molecule has 0 saturated heterocycles. The van der Waals surface area contributed by atoms with Gasteiger partial charge in [-0.1, -0.05) is 0 Å². The van der Waals surface area contributed by atoms with Gasteiger partial charge in [-0.2, -0.15) is 0 Å². The van der Waals surface area contributed by atoms with Crippen LogP contribution in [0.5, 0.6) is 0 Å². The van der Waals surface area contributed by atoms with Crippen molar-refractivity contribution in [3.05, 3.63) is 77.4 Å². The van der Waals surface area contributed by atoms with Crippen molar-refractivity contribution in [3.63, 3.8) is 0 Å². The molecule has 1 unspecified atom stereocenters. The third kappa shape index (κ3) is 4.11. The van der Waals surface area contributed by atoms with E-state index < -0.39 is 19.4 Å². The molecule has 3 aromatic rings. The summed E-state index contributed by atoms with van der Waals surface area (Å²) in [6.45, 7) is 0. The van der Waals surface area contributed by atoms with E-state index in [1.807, 2.05) is 0 Å². The number of halogens is 2. The van der Waals surface area contributed by atoms with Crippen LogP contribution in [0.25, 0.3) is 28.0 Å². The topological polar surface area (TPSA) is 0 Å². The SMILES string of the molecule is [Cl][Zr]([Cl])[CH]1C(CC2CCCCCC2)=Cc2c(-c3cccc4ccccc34)cccc21. The summed E-state index contributed by atoms with van der Waals surface area (Å²) in [7, 11) is 13.5. The first-order chi connectivity index (χ1) is 14.7. The number of hydrogen-bond acceptors (Lipinski definition) is 0. The Kier molecular flexibility index (Phi) is 6.52. The normalized spacial score (nSPS) is 19.4. The Hall–Kier alpha value is -0.877. The molecule has 1 atom stereocenters. The van der Waals surface area contributed by atoms with Crippen molar-refractivity contribution in [1.29, 1.82) is 0 Å². The molecular formula is C27H27Cl2Zr. The summed E-state index contributed by atoms with van der Waals surface area (Å²) in [5, 5.41) is 2.60.